The molecule has 0 spiro atoms. The van der Waals surface area contributed by atoms with Crippen LogP contribution in [0, 0.1) is 0 Å². The highest BCUT2D eigenvalue weighted by Gasteiger charge is 2.08. The molecule has 5 heteroatoms. The second kappa shape index (κ2) is 4.53. The lowest BCUT2D eigenvalue weighted by atomic mass is 10.2. The molecule has 5 nitrogen and oxygen atoms in total. The largest absolute Gasteiger partial charge is 0.475 e. The molecule has 0 amide bonds. The van der Waals surface area contributed by atoms with Crippen LogP contribution in [-0.2, 0) is 6.54 Å². The minimum atomic E-state index is -1.06. The average molecular weight is 256 g/mol. The lowest BCUT2D eigenvalue weighted by Gasteiger charge is -2.04. The molecule has 3 N–H and O–H groups in total. The second-order valence-electron chi connectivity index (χ2n) is 4.20. The number of anilines is 1. The highest BCUT2D eigenvalue weighted by Crippen LogP contribution is 2.18. The number of hydrogen-bond acceptors (Lipinski definition) is 3. The Kier molecular flexibility index (Phi) is 2.72. The first-order valence-electron chi connectivity index (χ1n) is 5.85. The van der Waals surface area contributed by atoms with Crippen LogP contribution in [0.3, 0.4) is 0 Å². The van der Waals surface area contributed by atoms with Gasteiger partial charge in [0.05, 0.1) is 6.54 Å². The summed E-state index contributed by atoms with van der Waals surface area (Å²) >= 11 is 0. The maximum atomic E-state index is 10.7. The van der Waals surface area contributed by atoms with Crippen LogP contribution in [0.15, 0.2) is 47.0 Å². The molecule has 1 aromatic carbocycles. The van der Waals surface area contributed by atoms with E-state index >= 15 is 0 Å². The van der Waals surface area contributed by atoms with Gasteiger partial charge in [-0.15, -0.1) is 0 Å². The van der Waals surface area contributed by atoms with Gasteiger partial charge >= 0.3 is 5.97 Å². The maximum absolute atomic E-state index is 10.7. The van der Waals surface area contributed by atoms with Crippen molar-refractivity contribution in [3.63, 3.8) is 0 Å². The highest BCUT2D eigenvalue weighted by atomic mass is 16.4. The van der Waals surface area contributed by atoms with Crippen molar-refractivity contribution in [3.8, 4) is 0 Å². The number of hydrogen-bond donors (Lipinski definition) is 3. The zero-order valence-electron chi connectivity index (χ0n) is 10.0. The number of carboxylic acid groups (broad SMARTS) is 1. The van der Waals surface area contributed by atoms with E-state index in [2.05, 4.69) is 10.3 Å². The van der Waals surface area contributed by atoms with Crippen molar-refractivity contribution in [2.75, 3.05) is 5.32 Å². The summed E-state index contributed by atoms with van der Waals surface area (Å²) in [5.41, 5.74) is 2.04. The molecule has 2 aromatic heterocycles. The molecule has 0 radical (unpaired) electrons. The summed E-state index contributed by atoms with van der Waals surface area (Å²) in [6, 6.07) is 11.1. The molecule has 0 aliphatic rings. The van der Waals surface area contributed by atoms with E-state index < -0.39 is 5.97 Å². The number of carbonyl (C=O) groups is 1. The number of nitrogens with one attached hydrogen (secondary N) is 2. The van der Waals surface area contributed by atoms with Gasteiger partial charge in [-0.2, -0.15) is 0 Å². The Bertz CT molecular complexity index is 727. The van der Waals surface area contributed by atoms with E-state index in [1.165, 1.54) is 6.07 Å². The third kappa shape index (κ3) is 2.30. The van der Waals surface area contributed by atoms with Gasteiger partial charge in [0, 0.05) is 22.8 Å². The predicted octanol–water partition coefficient (Wildman–Crippen LogP) is 3.07. The predicted molar refractivity (Wildman–Crippen MR) is 71.3 cm³/mol. The molecule has 0 atom stereocenters. The van der Waals surface area contributed by atoms with Gasteiger partial charge in [0.2, 0.25) is 5.76 Å². The first-order chi connectivity index (χ1) is 9.22. The van der Waals surface area contributed by atoms with E-state index in [1.54, 1.807) is 6.07 Å². The normalized spacial score (nSPS) is 10.7. The number of aromatic carboxylic acids is 1. The molecule has 2 heterocycles. The Morgan fingerprint density at radius 2 is 2.16 bits per heavy atom. The van der Waals surface area contributed by atoms with Gasteiger partial charge in [-0.05, 0) is 36.4 Å². The van der Waals surface area contributed by atoms with E-state index in [9.17, 15) is 4.79 Å². The van der Waals surface area contributed by atoms with Gasteiger partial charge in [-0.25, -0.2) is 4.79 Å². The molecule has 3 rings (SSSR count). The number of aromatic amines is 1. The van der Waals surface area contributed by atoms with Crippen LogP contribution >= 0.6 is 0 Å². The Morgan fingerprint density at radius 1 is 1.26 bits per heavy atom. The fourth-order valence-electron chi connectivity index (χ4n) is 1.94. The van der Waals surface area contributed by atoms with Gasteiger partial charge in [-0.1, -0.05) is 0 Å². The van der Waals surface area contributed by atoms with Crippen molar-refractivity contribution in [2.24, 2.45) is 0 Å². The summed E-state index contributed by atoms with van der Waals surface area (Å²) in [7, 11) is 0. The summed E-state index contributed by atoms with van der Waals surface area (Å²) in [5.74, 6) is -0.510. The molecule has 0 aliphatic heterocycles. The highest BCUT2D eigenvalue weighted by molar-refractivity contribution is 5.84. The van der Waals surface area contributed by atoms with E-state index in [4.69, 9.17) is 9.52 Å². The molecule has 0 unspecified atom stereocenters. The monoisotopic (exact) mass is 256 g/mol. The van der Waals surface area contributed by atoms with Crippen molar-refractivity contribution in [1.82, 2.24) is 4.98 Å². The summed E-state index contributed by atoms with van der Waals surface area (Å²) in [6.07, 6.45) is 1.89. The summed E-state index contributed by atoms with van der Waals surface area (Å²) in [4.78, 5) is 13.8. The Balaban J connectivity index is 1.72. The number of rotatable bonds is 4. The molecule has 0 saturated heterocycles. The average Bonchev–Trinajstić information content (AvgIpc) is 3.04. The lowest BCUT2D eigenvalue weighted by Crippen LogP contribution is -1.98. The van der Waals surface area contributed by atoms with Crippen LogP contribution in [0.25, 0.3) is 10.9 Å². The molecule has 19 heavy (non-hydrogen) atoms. The number of furan rings is 1. The van der Waals surface area contributed by atoms with Crippen LogP contribution < -0.4 is 5.32 Å². The number of benzene rings is 1. The third-order valence-electron chi connectivity index (χ3n) is 2.89. The van der Waals surface area contributed by atoms with E-state index in [0.717, 1.165) is 16.6 Å². The fourth-order valence-corrected chi connectivity index (χ4v) is 1.94. The Labute approximate surface area is 108 Å². The minimum absolute atomic E-state index is 0.0436. The number of aromatic nitrogens is 1. The van der Waals surface area contributed by atoms with E-state index in [0.29, 0.717) is 12.3 Å². The number of H-pyrrole nitrogens is 1. The van der Waals surface area contributed by atoms with Gasteiger partial charge in [0.1, 0.15) is 5.76 Å². The first kappa shape index (κ1) is 11.4. The first-order valence-corrected chi connectivity index (χ1v) is 5.85. The SMILES string of the molecule is O=C(O)c1ccc(CNc2ccc3[nH]ccc3c2)o1. The number of carboxylic acids is 1. The van der Waals surface area contributed by atoms with Gasteiger partial charge in [-0.3, -0.25) is 0 Å². The molecule has 3 aromatic rings. The number of fused-ring (bicyclic) bond motifs is 1. The summed E-state index contributed by atoms with van der Waals surface area (Å²) in [6.45, 7) is 0.448. The third-order valence-corrected chi connectivity index (χ3v) is 2.89. The van der Waals surface area contributed by atoms with Gasteiger partial charge in [0.15, 0.2) is 0 Å². The van der Waals surface area contributed by atoms with Crippen molar-refractivity contribution >= 4 is 22.6 Å². The topological polar surface area (TPSA) is 78.3 Å². The fraction of sp³-hybridized carbons (Fsp3) is 0.0714. The van der Waals surface area contributed by atoms with Crippen LogP contribution in [-0.4, -0.2) is 16.1 Å². The molecule has 0 fully saturated rings. The van der Waals surface area contributed by atoms with Crippen molar-refractivity contribution in [1.29, 1.82) is 0 Å². The molecular weight excluding hydrogens is 244 g/mol. The van der Waals surface area contributed by atoms with Crippen molar-refractivity contribution < 1.29 is 14.3 Å². The molecule has 96 valence electrons. The van der Waals surface area contributed by atoms with Gasteiger partial charge in [0.25, 0.3) is 0 Å². The lowest BCUT2D eigenvalue weighted by molar-refractivity contribution is 0.0660. The van der Waals surface area contributed by atoms with Crippen LogP contribution in [0.2, 0.25) is 0 Å². The zero-order chi connectivity index (χ0) is 13.2. The Morgan fingerprint density at radius 3 is 2.95 bits per heavy atom. The van der Waals surface area contributed by atoms with Crippen LogP contribution in [0.4, 0.5) is 5.69 Å². The van der Waals surface area contributed by atoms with E-state index in [1.807, 2.05) is 30.5 Å². The van der Waals surface area contributed by atoms with E-state index in [-0.39, 0.29) is 5.76 Å². The zero-order valence-corrected chi connectivity index (χ0v) is 10.0. The van der Waals surface area contributed by atoms with Gasteiger partial charge < -0.3 is 19.8 Å². The standard InChI is InChI=1S/C14H12N2O3/c17-14(18)13-4-2-11(19-13)8-16-10-1-3-12-9(7-10)5-6-15-12/h1-7,15-16H,8H2,(H,17,18). The maximum Gasteiger partial charge on any atom is 0.371 e. The minimum Gasteiger partial charge on any atom is -0.475 e. The molecule has 0 bridgehead atoms. The second-order valence-corrected chi connectivity index (χ2v) is 4.20. The summed E-state index contributed by atoms with van der Waals surface area (Å²) < 4.78 is 5.17. The summed E-state index contributed by atoms with van der Waals surface area (Å²) in [5, 5.41) is 13.1. The van der Waals surface area contributed by atoms with Crippen LogP contribution in [0.1, 0.15) is 16.3 Å². The van der Waals surface area contributed by atoms with Crippen LogP contribution in [0.5, 0.6) is 0 Å². The molecule has 0 aliphatic carbocycles. The Hall–Kier alpha value is -2.69. The van der Waals surface area contributed by atoms with Crippen molar-refractivity contribution in [3.05, 3.63) is 54.1 Å². The quantitative estimate of drug-likeness (QED) is 0.670. The molecule has 0 saturated carbocycles. The smallest absolute Gasteiger partial charge is 0.371 e. The van der Waals surface area contributed by atoms with Crippen molar-refractivity contribution in [2.45, 2.75) is 6.54 Å². The molecular formula is C14H12N2O3.